The first-order valence-corrected chi connectivity index (χ1v) is 41.1. The zero-order valence-corrected chi connectivity index (χ0v) is 63.2. The maximum Gasteiger partial charge on any atom is 0.472 e. The highest BCUT2D eigenvalue weighted by molar-refractivity contribution is 7.47. The summed E-state index contributed by atoms with van der Waals surface area (Å²) >= 11 is 0. The van der Waals surface area contributed by atoms with Crippen LogP contribution in [0.25, 0.3) is 0 Å². The zero-order chi connectivity index (χ0) is 71.8. The summed E-state index contributed by atoms with van der Waals surface area (Å²) in [6.45, 7) is 4.55. The first-order chi connectivity index (χ1) is 47.7. The molecule has 564 valence electrons. The predicted molar refractivity (Wildman–Crippen MR) is 399 cm³/mol. The van der Waals surface area contributed by atoms with Crippen LogP contribution in [0.2, 0.25) is 0 Å². The van der Waals surface area contributed by atoms with Crippen LogP contribution in [0.3, 0.4) is 0 Å². The lowest BCUT2D eigenvalue weighted by Gasteiger charge is -2.21. The largest absolute Gasteiger partial charge is 0.472 e. The Balaban J connectivity index is 5.39. The highest BCUT2D eigenvalue weighted by Gasteiger charge is 2.30. The van der Waals surface area contributed by atoms with Crippen LogP contribution in [0.1, 0.15) is 310 Å². The van der Waals surface area contributed by atoms with Crippen molar-refractivity contribution in [1.29, 1.82) is 0 Å². The number of unbranched alkanes of at least 4 members (excludes halogenated alkanes) is 27. The number of rotatable bonds is 71. The maximum atomic E-state index is 13.1. The molecule has 0 amide bonds. The Labute approximate surface area is 594 Å². The molecular weight excluding hydrogens is 1280 g/mol. The van der Waals surface area contributed by atoms with Crippen LogP contribution in [-0.4, -0.2) is 96.7 Å². The molecule has 17 nitrogen and oxygen atoms in total. The molecule has 0 fully saturated rings. The van der Waals surface area contributed by atoms with Gasteiger partial charge in [-0.15, -0.1) is 0 Å². The van der Waals surface area contributed by atoms with Gasteiger partial charge >= 0.3 is 39.5 Å². The van der Waals surface area contributed by atoms with Crippen molar-refractivity contribution >= 4 is 39.5 Å². The van der Waals surface area contributed by atoms with Crippen molar-refractivity contribution in [3.05, 3.63) is 109 Å². The summed E-state index contributed by atoms with van der Waals surface area (Å²) in [5, 5.41) is 10.6. The molecule has 0 aromatic heterocycles. The number of carbonyl (C=O) groups is 4. The lowest BCUT2D eigenvalue weighted by Crippen LogP contribution is -2.30. The molecule has 3 N–H and O–H groups in total. The minimum atomic E-state index is -4.99. The third kappa shape index (κ3) is 70.2. The predicted octanol–water partition coefficient (Wildman–Crippen LogP) is 21.8. The van der Waals surface area contributed by atoms with Crippen molar-refractivity contribution in [2.75, 3.05) is 39.6 Å². The number of allylic oxidation sites excluding steroid dienone is 18. The average molecular weight is 1420 g/mol. The molecule has 0 heterocycles. The number of aliphatic hydroxyl groups is 1. The van der Waals surface area contributed by atoms with Crippen molar-refractivity contribution in [3.63, 3.8) is 0 Å². The molecule has 0 aliphatic rings. The first-order valence-electron chi connectivity index (χ1n) is 38.1. The van der Waals surface area contributed by atoms with E-state index in [1.165, 1.54) is 103 Å². The SMILES string of the molecule is CC/C=C\C/C=C\C/C=C\C/C=C\C/C=C\CCCC(=O)OCC(COP(=O)(O)OCC(O)COP(=O)(O)OCC(COC(=O)CCCC/C=C\C/C=C\C/C=C\C/C=C\CC)OC(=O)CCCCCCCCCCCCC)OC(=O)CCCCCCCCCCCCCCCCC. The minimum Gasteiger partial charge on any atom is -0.462 e. The monoisotopic (exact) mass is 1420 g/mol. The fraction of sp³-hybridized carbons (Fsp3) is 0.722. The molecule has 0 spiro atoms. The number of phosphoric ester groups is 2. The second-order valence-corrected chi connectivity index (χ2v) is 28.1. The van der Waals surface area contributed by atoms with Gasteiger partial charge in [0.1, 0.15) is 19.3 Å². The number of hydrogen-bond donors (Lipinski definition) is 3. The summed E-state index contributed by atoms with van der Waals surface area (Å²) in [5.41, 5.74) is 0. The van der Waals surface area contributed by atoms with Crippen molar-refractivity contribution < 1.29 is 80.2 Å². The lowest BCUT2D eigenvalue weighted by molar-refractivity contribution is -0.161. The quantitative estimate of drug-likeness (QED) is 0.0169. The smallest absolute Gasteiger partial charge is 0.462 e. The Bertz CT molecular complexity index is 2290. The molecule has 5 atom stereocenters. The van der Waals surface area contributed by atoms with Gasteiger partial charge in [0.25, 0.3) is 0 Å². The normalized spacial score (nSPS) is 14.6. The third-order valence-corrected chi connectivity index (χ3v) is 17.7. The Morgan fingerprint density at radius 1 is 0.296 bits per heavy atom. The van der Waals surface area contributed by atoms with Gasteiger partial charge in [-0.05, 0) is 103 Å². The van der Waals surface area contributed by atoms with E-state index >= 15 is 0 Å². The van der Waals surface area contributed by atoms with Crippen molar-refractivity contribution in [3.8, 4) is 0 Å². The molecule has 0 saturated heterocycles. The van der Waals surface area contributed by atoms with E-state index in [0.717, 1.165) is 122 Å². The fourth-order valence-corrected chi connectivity index (χ4v) is 11.6. The van der Waals surface area contributed by atoms with Crippen molar-refractivity contribution in [2.45, 2.75) is 329 Å². The minimum absolute atomic E-state index is 0.0836. The Morgan fingerprint density at radius 3 is 0.857 bits per heavy atom. The standard InChI is InChI=1S/C79H136O17P2/c1-5-9-13-17-21-25-29-32-35-36-39-41-45-48-52-56-60-64-77(82)90-70-75(96-79(84)66-62-58-54-50-46-42-38-34-31-27-23-19-15-11-7-3)72-94-98(87,88)92-68-73(80)67-91-97(85,86)93-71-74(95-78(83)65-61-57-53-49-43-28-24-20-16-12-8-4)69-89-76(81)63-59-55-51-47-44-40-37-33-30-26-22-18-14-10-6-2/h9-10,13-14,21-22,25-26,32-33,35,37,39,41,44,47-48,52,73-75,80H,5-8,11-12,15-20,23-24,27-31,34,36,38,40,42-43,45-46,49-51,53-72H2,1-4H3,(H,85,86)(H,87,88)/b13-9-,14-10-,25-21-,26-22-,35-32-,37-33-,41-39-,47-44-,52-48-. The highest BCUT2D eigenvalue weighted by Crippen LogP contribution is 2.45. The molecule has 98 heavy (non-hydrogen) atoms. The van der Waals surface area contributed by atoms with Crippen LogP contribution >= 0.6 is 15.6 Å². The Hall–Kier alpha value is -4.28. The maximum absolute atomic E-state index is 13.1. The molecule has 0 saturated carbocycles. The molecule has 0 bridgehead atoms. The summed E-state index contributed by atoms with van der Waals surface area (Å²) in [5.74, 6) is -2.28. The lowest BCUT2D eigenvalue weighted by atomic mass is 10.0. The number of phosphoric acid groups is 2. The Morgan fingerprint density at radius 2 is 0.541 bits per heavy atom. The molecule has 0 radical (unpaired) electrons. The van der Waals surface area contributed by atoms with Gasteiger partial charge in [0.15, 0.2) is 12.2 Å². The number of carbonyl (C=O) groups excluding carboxylic acids is 4. The summed E-state index contributed by atoms with van der Waals surface area (Å²) in [6.07, 6.45) is 75.2. The molecule has 0 aliphatic carbocycles. The van der Waals surface area contributed by atoms with Gasteiger partial charge in [-0.1, -0.05) is 291 Å². The molecule has 0 aromatic rings. The summed E-state index contributed by atoms with van der Waals surface area (Å²) in [4.78, 5) is 72.8. The second-order valence-electron chi connectivity index (χ2n) is 25.2. The van der Waals surface area contributed by atoms with E-state index in [1.807, 2.05) is 12.2 Å². The van der Waals surface area contributed by atoms with E-state index < -0.39 is 97.5 Å². The van der Waals surface area contributed by atoms with Crippen molar-refractivity contribution in [1.82, 2.24) is 0 Å². The van der Waals surface area contributed by atoms with Crippen LogP contribution in [0.4, 0.5) is 0 Å². The van der Waals surface area contributed by atoms with E-state index in [0.29, 0.717) is 32.1 Å². The molecule has 5 unspecified atom stereocenters. The number of aliphatic hydroxyl groups excluding tert-OH is 1. The van der Waals surface area contributed by atoms with Gasteiger partial charge in [0.2, 0.25) is 0 Å². The van der Waals surface area contributed by atoms with Gasteiger partial charge in [0.05, 0.1) is 26.4 Å². The summed E-state index contributed by atoms with van der Waals surface area (Å²) in [6, 6.07) is 0. The highest BCUT2D eigenvalue weighted by atomic mass is 31.2. The van der Waals surface area contributed by atoms with E-state index in [1.54, 1.807) is 0 Å². The average Bonchev–Trinajstić information content (AvgIpc) is 0.986. The number of ether oxygens (including phenoxy) is 4. The summed E-state index contributed by atoms with van der Waals surface area (Å²) in [7, 11) is -9.97. The fourth-order valence-electron chi connectivity index (χ4n) is 10.0. The third-order valence-electron chi connectivity index (χ3n) is 15.8. The number of hydrogen-bond acceptors (Lipinski definition) is 15. The molecule has 0 rings (SSSR count). The van der Waals surface area contributed by atoms with Gasteiger partial charge in [-0.3, -0.25) is 37.3 Å². The van der Waals surface area contributed by atoms with E-state index in [9.17, 15) is 43.2 Å². The van der Waals surface area contributed by atoms with Gasteiger partial charge < -0.3 is 33.8 Å². The Kier molecular flexibility index (Phi) is 68.0. The topological polar surface area (TPSA) is 237 Å². The van der Waals surface area contributed by atoms with E-state index in [4.69, 9.17) is 37.0 Å². The van der Waals surface area contributed by atoms with Gasteiger partial charge in [-0.25, -0.2) is 9.13 Å². The second kappa shape index (κ2) is 71.1. The van der Waals surface area contributed by atoms with E-state index in [-0.39, 0.29) is 25.7 Å². The van der Waals surface area contributed by atoms with Gasteiger partial charge in [-0.2, -0.15) is 0 Å². The molecular formula is C79H136O17P2. The number of esters is 4. The van der Waals surface area contributed by atoms with Crippen LogP contribution < -0.4 is 0 Å². The summed E-state index contributed by atoms with van der Waals surface area (Å²) < 4.78 is 68.4. The van der Waals surface area contributed by atoms with Crippen LogP contribution in [0, 0.1) is 0 Å². The van der Waals surface area contributed by atoms with Crippen LogP contribution in [0.15, 0.2) is 109 Å². The molecule has 0 aliphatic heterocycles. The van der Waals surface area contributed by atoms with Gasteiger partial charge in [0, 0.05) is 25.7 Å². The molecule has 19 heteroatoms. The van der Waals surface area contributed by atoms with Crippen LogP contribution in [-0.2, 0) is 65.4 Å². The van der Waals surface area contributed by atoms with Crippen LogP contribution in [0.5, 0.6) is 0 Å². The van der Waals surface area contributed by atoms with E-state index in [2.05, 4.69) is 125 Å². The van der Waals surface area contributed by atoms with Crippen molar-refractivity contribution in [2.24, 2.45) is 0 Å². The molecule has 0 aromatic carbocycles. The first kappa shape index (κ1) is 93.7. The zero-order valence-electron chi connectivity index (χ0n) is 61.4.